The van der Waals surface area contributed by atoms with Gasteiger partial charge in [0.15, 0.2) is 0 Å². The number of carbonyl (C=O) groups excluding carboxylic acids is 1. The third-order valence-corrected chi connectivity index (χ3v) is 5.69. The fourth-order valence-corrected chi connectivity index (χ4v) is 4.25. The first-order valence-electron chi connectivity index (χ1n) is 7.92. The highest BCUT2D eigenvalue weighted by Gasteiger charge is 2.30. The van der Waals surface area contributed by atoms with Gasteiger partial charge < -0.3 is 10.2 Å². The summed E-state index contributed by atoms with van der Waals surface area (Å²) in [5, 5.41) is 3.39. The van der Waals surface area contributed by atoms with Gasteiger partial charge in [0.1, 0.15) is 6.04 Å². The van der Waals surface area contributed by atoms with Crippen molar-refractivity contribution < 1.29 is 13.2 Å². The van der Waals surface area contributed by atoms with Crippen LogP contribution in [-0.2, 0) is 14.8 Å². The topological polar surface area (TPSA) is 69.7 Å². The van der Waals surface area contributed by atoms with Gasteiger partial charge in [0.25, 0.3) is 0 Å². The lowest BCUT2D eigenvalue weighted by molar-refractivity contribution is -0.122. The quantitative estimate of drug-likeness (QED) is 0.853. The summed E-state index contributed by atoms with van der Waals surface area (Å²) in [6.07, 6.45) is 2.82. The van der Waals surface area contributed by atoms with Crippen molar-refractivity contribution in [3.8, 4) is 0 Å². The highest BCUT2D eigenvalue weighted by atomic mass is 35.5. The molecule has 1 aromatic carbocycles. The number of halogens is 1. The fourth-order valence-electron chi connectivity index (χ4n) is 2.90. The molecule has 1 aliphatic rings. The van der Waals surface area contributed by atoms with Crippen molar-refractivity contribution >= 4 is 33.2 Å². The highest BCUT2D eigenvalue weighted by molar-refractivity contribution is 7.92. The van der Waals surface area contributed by atoms with E-state index in [1.54, 1.807) is 31.2 Å². The first-order chi connectivity index (χ1) is 11.2. The molecule has 2 rings (SSSR count). The number of sulfonamides is 1. The average molecular weight is 374 g/mol. The van der Waals surface area contributed by atoms with Crippen molar-refractivity contribution in [2.75, 3.05) is 30.7 Å². The molecule has 1 fully saturated rings. The number of hydrogen-bond donors (Lipinski definition) is 1. The van der Waals surface area contributed by atoms with Crippen LogP contribution < -0.4 is 9.62 Å². The first-order valence-corrected chi connectivity index (χ1v) is 10.1. The lowest BCUT2D eigenvalue weighted by Crippen LogP contribution is -2.52. The predicted octanol–water partition coefficient (Wildman–Crippen LogP) is 1.70. The van der Waals surface area contributed by atoms with Crippen LogP contribution in [0.3, 0.4) is 0 Å². The maximum absolute atomic E-state index is 12.6. The lowest BCUT2D eigenvalue weighted by Gasteiger charge is -2.33. The van der Waals surface area contributed by atoms with E-state index in [0.717, 1.165) is 36.5 Å². The van der Waals surface area contributed by atoms with E-state index >= 15 is 0 Å². The monoisotopic (exact) mass is 373 g/mol. The number of anilines is 1. The number of nitrogens with one attached hydrogen (secondary N) is 1. The SMILES string of the molecule is CC(C(=O)NC1CCN(C)CC1)N(c1cccc(Cl)c1)S(C)(=O)=O. The zero-order valence-electron chi connectivity index (χ0n) is 14.2. The Hall–Kier alpha value is -1.31. The van der Waals surface area contributed by atoms with E-state index in [-0.39, 0.29) is 11.9 Å². The van der Waals surface area contributed by atoms with Crippen molar-refractivity contribution in [1.29, 1.82) is 0 Å². The Morgan fingerprint density at radius 1 is 1.38 bits per heavy atom. The number of amides is 1. The van der Waals surface area contributed by atoms with Crippen LogP contribution in [0.2, 0.25) is 5.02 Å². The second-order valence-corrected chi connectivity index (χ2v) is 8.60. The molecule has 6 nitrogen and oxygen atoms in total. The van der Waals surface area contributed by atoms with Gasteiger partial charge in [0.2, 0.25) is 15.9 Å². The zero-order valence-corrected chi connectivity index (χ0v) is 15.8. The van der Waals surface area contributed by atoms with Crippen LogP contribution >= 0.6 is 11.6 Å². The van der Waals surface area contributed by atoms with Gasteiger partial charge in [-0.2, -0.15) is 0 Å². The molecule has 24 heavy (non-hydrogen) atoms. The number of hydrogen-bond acceptors (Lipinski definition) is 4. The third kappa shape index (κ3) is 4.84. The van der Waals surface area contributed by atoms with E-state index in [2.05, 4.69) is 10.2 Å². The van der Waals surface area contributed by atoms with Crippen LogP contribution in [0.5, 0.6) is 0 Å². The minimum absolute atomic E-state index is 0.0805. The summed E-state index contributed by atoms with van der Waals surface area (Å²) in [7, 11) is -1.58. The molecular weight excluding hydrogens is 350 g/mol. The molecule has 1 atom stereocenters. The van der Waals surface area contributed by atoms with Crippen molar-refractivity contribution in [3.63, 3.8) is 0 Å². The predicted molar refractivity (Wildman–Crippen MR) is 96.9 cm³/mol. The summed E-state index contributed by atoms with van der Waals surface area (Å²) in [5.74, 6) is -0.296. The molecule has 0 spiro atoms. The van der Waals surface area contributed by atoms with E-state index in [0.29, 0.717) is 10.7 Å². The van der Waals surface area contributed by atoms with Crippen molar-refractivity contribution in [2.45, 2.75) is 31.8 Å². The normalized spacial score (nSPS) is 18.2. The van der Waals surface area contributed by atoms with Crippen molar-refractivity contribution in [3.05, 3.63) is 29.3 Å². The Labute approximate surface area is 148 Å². The minimum atomic E-state index is -3.62. The highest BCUT2D eigenvalue weighted by Crippen LogP contribution is 2.24. The maximum Gasteiger partial charge on any atom is 0.243 e. The largest absolute Gasteiger partial charge is 0.351 e. The van der Waals surface area contributed by atoms with Gasteiger partial charge in [0.05, 0.1) is 11.9 Å². The minimum Gasteiger partial charge on any atom is -0.351 e. The van der Waals surface area contributed by atoms with Gasteiger partial charge in [-0.3, -0.25) is 9.10 Å². The molecule has 0 saturated carbocycles. The zero-order chi connectivity index (χ0) is 17.9. The number of carbonyl (C=O) groups is 1. The number of likely N-dealkylation sites (tertiary alicyclic amines) is 1. The second-order valence-electron chi connectivity index (χ2n) is 6.30. The molecule has 134 valence electrons. The van der Waals surface area contributed by atoms with Crippen LogP contribution in [0.25, 0.3) is 0 Å². The molecule has 1 aromatic rings. The standard InChI is InChI=1S/C16H24ClN3O3S/c1-12(16(21)18-14-7-9-19(2)10-8-14)20(24(3,22)23)15-6-4-5-13(17)11-15/h4-6,11-12,14H,7-10H2,1-3H3,(H,18,21). The smallest absolute Gasteiger partial charge is 0.243 e. The molecule has 1 unspecified atom stereocenters. The van der Waals surface area contributed by atoms with E-state index < -0.39 is 16.1 Å². The number of piperidine rings is 1. The molecule has 1 aliphatic heterocycles. The Kier molecular flexibility index (Phi) is 6.11. The van der Waals surface area contributed by atoms with Crippen LogP contribution in [-0.4, -0.2) is 57.7 Å². The summed E-state index contributed by atoms with van der Waals surface area (Å²) in [4.78, 5) is 14.8. The molecule has 1 N–H and O–H groups in total. The van der Waals surface area contributed by atoms with Gasteiger partial charge in [-0.15, -0.1) is 0 Å². The summed E-state index contributed by atoms with van der Waals surface area (Å²) in [6.45, 7) is 3.43. The van der Waals surface area contributed by atoms with Gasteiger partial charge in [-0.1, -0.05) is 17.7 Å². The van der Waals surface area contributed by atoms with E-state index in [1.807, 2.05) is 7.05 Å². The van der Waals surface area contributed by atoms with Gasteiger partial charge in [-0.25, -0.2) is 8.42 Å². The Bertz CT molecular complexity index is 688. The van der Waals surface area contributed by atoms with Crippen LogP contribution in [0.4, 0.5) is 5.69 Å². The average Bonchev–Trinajstić information content (AvgIpc) is 2.48. The maximum atomic E-state index is 12.6. The molecule has 0 aromatic heterocycles. The molecule has 1 saturated heterocycles. The van der Waals surface area contributed by atoms with E-state index in [1.165, 1.54) is 0 Å². The number of benzene rings is 1. The van der Waals surface area contributed by atoms with Crippen LogP contribution in [0.1, 0.15) is 19.8 Å². The summed E-state index contributed by atoms with van der Waals surface area (Å²) < 4.78 is 25.6. The Balaban J connectivity index is 2.16. The molecule has 8 heteroatoms. The molecule has 0 aliphatic carbocycles. The molecule has 1 heterocycles. The fraction of sp³-hybridized carbons (Fsp3) is 0.562. The van der Waals surface area contributed by atoms with Gasteiger partial charge >= 0.3 is 0 Å². The van der Waals surface area contributed by atoms with E-state index in [9.17, 15) is 13.2 Å². The summed E-state index contributed by atoms with van der Waals surface area (Å²) in [5.41, 5.74) is 0.385. The summed E-state index contributed by atoms with van der Waals surface area (Å²) in [6, 6.07) is 5.73. The van der Waals surface area contributed by atoms with Gasteiger partial charge in [0, 0.05) is 11.1 Å². The van der Waals surface area contributed by atoms with E-state index in [4.69, 9.17) is 11.6 Å². The third-order valence-electron chi connectivity index (χ3n) is 4.22. The second kappa shape index (κ2) is 7.72. The lowest BCUT2D eigenvalue weighted by atomic mass is 10.1. The molecule has 0 radical (unpaired) electrons. The molecule has 0 bridgehead atoms. The van der Waals surface area contributed by atoms with Crippen LogP contribution in [0.15, 0.2) is 24.3 Å². The Morgan fingerprint density at radius 3 is 2.54 bits per heavy atom. The van der Waals surface area contributed by atoms with Gasteiger partial charge in [-0.05, 0) is 58.1 Å². The van der Waals surface area contributed by atoms with Crippen molar-refractivity contribution in [1.82, 2.24) is 10.2 Å². The van der Waals surface area contributed by atoms with Crippen molar-refractivity contribution in [2.24, 2.45) is 0 Å². The number of nitrogens with zero attached hydrogens (tertiary/aromatic N) is 2. The van der Waals surface area contributed by atoms with Crippen LogP contribution in [0, 0.1) is 0 Å². The first kappa shape index (κ1) is 19.0. The molecule has 1 amide bonds. The Morgan fingerprint density at radius 2 is 2.00 bits per heavy atom. The molecular formula is C16H24ClN3O3S. The number of rotatable bonds is 5. The summed E-state index contributed by atoms with van der Waals surface area (Å²) >= 11 is 5.97.